The molecule has 0 unspecified atom stereocenters. The molecule has 0 aliphatic carbocycles. The summed E-state index contributed by atoms with van der Waals surface area (Å²) in [6.45, 7) is 2.14. The number of rotatable bonds is 6. The predicted molar refractivity (Wildman–Crippen MR) is 81.1 cm³/mol. The van der Waals surface area contributed by atoms with Gasteiger partial charge in [-0.15, -0.1) is 0 Å². The van der Waals surface area contributed by atoms with Crippen molar-refractivity contribution >= 4 is 11.9 Å². The van der Waals surface area contributed by atoms with Crippen LogP contribution < -0.4 is 0 Å². The largest absolute Gasteiger partial charge is 0.463 e. The molecule has 0 bridgehead atoms. The number of carbonyl (C=O) groups excluding carboxylic acids is 2. The van der Waals surface area contributed by atoms with Crippen molar-refractivity contribution in [3.05, 3.63) is 58.5 Å². The summed E-state index contributed by atoms with van der Waals surface area (Å²) in [5.74, 6) is -0.536. The molecule has 1 heterocycles. The predicted octanol–water partition coefficient (Wildman–Crippen LogP) is 2.88. The zero-order valence-electron chi connectivity index (χ0n) is 13.3. The van der Waals surface area contributed by atoms with Crippen molar-refractivity contribution in [3.8, 4) is 0 Å². The van der Waals surface area contributed by atoms with Gasteiger partial charge in [0, 0.05) is 12.7 Å². The maximum absolute atomic E-state index is 12.0. The third-order valence-electron chi connectivity index (χ3n) is 3.19. The van der Waals surface area contributed by atoms with Gasteiger partial charge in [-0.05, 0) is 30.7 Å². The zero-order valence-corrected chi connectivity index (χ0v) is 13.3. The highest BCUT2D eigenvalue weighted by Gasteiger charge is 2.17. The Bertz CT molecular complexity index is 684. The minimum absolute atomic E-state index is 0.0590. The molecule has 0 atom stereocenters. The molecule has 23 heavy (non-hydrogen) atoms. The summed E-state index contributed by atoms with van der Waals surface area (Å²) in [5, 5.41) is 0. The second-order valence-electron chi connectivity index (χ2n) is 4.92. The van der Waals surface area contributed by atoms with Crippen LogP contribution in [0.2, 0.25) is 0 Å². The van der Waals surface area contributed by atoms with Gasteiger partial charge in [0.25, 0.3) is 0 Å². The van der Waals surface area contributed by atoms with E-state index in [1.54, 1.807) is 44.4 Å². The first-order valence-electron chi connectivity index (χ1n) is 6.97. The monoisotopic (exact) mass is 318 g/mol. The molecule has 0 saturated heterocycles. The lowest BCUT2D eigenvalue weighted by atomic mass is 10.1. The number of benzene rings is 1. The van der Waals surface area contributed by atoms with Gasteiger partial charge in [-0.3, -0.25) is 0 Å². The molecule has 2 rings (SSSR count). The first-order valence-corrected chi connectivity index (χ1v) is 6.97. The van der Waals surface area contributed by atoms with E-state index in [0.29, 0.717) is 23.5 Å². The molecule has 6 nitrogen and oxygen atoms in total. The Morgan fingerprint density at radius 3 is 2.35 bits per heavy atom. The lowest BCUT2D eigenvalue weighted by molar-refractivity contribution is 0.0438. The van der Waals surface area contributed by atoms with Crippen molar-refractivity contribution in [2.75, 3.05) is 14.2 Å². The Morgan fingerprint density at radius 1 is 1.04 bits per heavy atom. The van der Waals surface area contributed by atoms with Crippen LogP contribution in [-0.2, 0) is 27.4 Å². The van der Waals surface area contributed by atoms with Gasteiger partial charge in [-0.1, -0.05) is 12.1 Å². The number of furan rings is 1. The highest BCUT2D eigenvalue weighted by Crippen LogP contribution is 2.17. The summed E-state index contributed by atoms with van der Waals surface area (Å²) >= 11 is 0. The normalized spacial score (nSPS) is 10.4. The van der Waals surface area contributed by atoms with E-state index in [-0.39, 0.29) is 12.4 Å². The van der Waals surface area contributed by atoms with E-state index < -0.39 is 11.9 Å². The lowest BCUT2D eigenvalue weighted by Gasteiger charge is -2.04. The molecule has 0 spiro atoms. The van der Waals surface area contributed by atoms with Gasteiger partial charge in [0.1, 0.15) is 12.4 Å². The zero-order chi connectivity index (χ0) is 16.8. The first-order chi connectivity index (χ1) is 11.0. The van der Waals surface area contributed by atoms with Crippen LogP contribution in [0.5, 0.6) is 0 Å². The molecule has 0 radical (unpaired) electrons. The van der Waals surface area contributed by atoms with Gasteiger partial charge < -0.3 is 18.6 Å². The van der Waals surface area contributed by atoms with Crippen molar-refractivity contribution in [2.45, 2.75) is 20.1 Å². The fourth-order valence-corrected chi connectivity index (χ4v) is 2.04. The number of hydrogen-bond acceptors (Lipinski definition) is 6. The standard InChI is InChI=1S/C17H18O6/c1-11-8-14(23-15(11)17(19)21-3)10-22-16(18)13-6-4-12(5-7-13)9-20-2/h4-8H,9-10H2,1-3H3. The van der Waals surface area contributed by atoms with Crippen LogP contribution in [0, 0.1) is 6.92 Å². The average Bonchev–Trinajstić information content (AvgIpc) is 2.94. The Hall–Kier alpha value is -2.60. The molecule has 0 N–H and O–H groups in total. The third kappa shape index (κ3) is 4.20. The molecular weight excluding hydrogens is 300 g/mol. The van der Waals surface area contributed by atoms with Crippen molar-refractivity contribution < 1.29 is 28.2 Å². The highest BCUT2D eigenvalue weighted by atomic mass is 16.6. The van der Waals surface area contributed by atoms with Gasteiger partial charge in [0.15, 0.2) is 0 Å². The molecule has 2 aromatic rings. The average molecular weight is 318 g/mol. The van der Waals surface area contributed by atoms with E-state index in [4.69, 9.17) is 13.9 Å². The third-order valence-corrected chi connectivity index (χ3v) is 3.19. The van der Waals surface area contributed by atoms with Gasteiger partial charge in [-0.25, -0.2) is 9.59 Å². The molecule has 0 saturated carbocycles. The Labute approximate surface area is 134 Å². The van der Waals surface area contributed by atoms with Crippen LogP contribution in [0.4, 0.5) is 0 Å². The number of aryl methyl sites for hydroxylation is 1. The quantitative estimate of drug-likeness (QED) is 0.762. The molecule has 122 valence electrons. The van der Waals surface area contributed by atoms with E-state index in [2.05, 4.69) is 4.74 Å². The molecule has 6 heteroatoms. The van der Waals surface area contributed by atoms with Crippen LogP contribution in [0.25, 0.3) is 0 Å². The molecule has 0 fully saturated rings. The van der Waals surface area contributed by atoms with E-state index in [0.717, 1.165) is 5.56 Å². The van der Waals surface area contributed by atoms with Crippen LogP contribution in [0.15, 0.2) is 34.7 Å². The van der Waals surface area contributed by atoms with Crippen LogP contribution >= 0.6 is 0 Å². The van der Waals surface area contributed by atoms with Crippen molar-refractivity contribution in [2.24, 2.45) is 0 Å². The Kier molecular flexibility index (Phi) is 5.54. The lowest BCUT2D eigenvalue weighted by Crippen LogP contribution is -2.05. The smallest absolute Gasteiger partial charge is 0.374 e. The van der Waals surface area contributed by atoms with Crippen LogP contribution in [0.1, 0.15) is 37.8 Å². The number of hydrogen-bond donors (Lipinski definition) is 0. The molecular formula is C17H18O6. The van der Waals surface area contributed by atoms with E-state index >= 15 is 0 Å². The summed E-state index contributed by atoms with van der Waals surface area (Å²) in [7, 11) is 2.88. The maximum Gasteiger partial charge on any atom is 0.374 e. The molecule has 0 aliphatic rings. The molecule has 1 aromatic carbocycles. The number of carbonyl (C=O) groups is 2. The second kappa shape index (κ2) is 7.60. The van der Waals surface area contributed by atoms with Crippen molar-refractivity contribution in [1.29, 1.82) is 0 Å². The van der Waals surface area contributed by atoms with Gasteiger partial charge in [0.2, 0.25) is 5.76 Å². The summed E-state index contributed by atoms with van der Waals surface area (Å²) in [5.41, 5.74) is 2.03. The molecule has 0 amide bonds. The SMILES string of the molecule is COCc1ccc(C(=O)OCc2cc(C)c(C(=O)OC)o2)cc1. The van der Waals surface area contributed by atoms with Crippen molar-refractivity contribution in [1.82, 2.24) is 0 Å². The number of methoxy groups -OCH3 is 2. The van der Waals surface area contributed by atoms with Crippen LogP contribution in [-0.4, -0.2) is 26.2 Å². The number of ether oxygens (including phenoxy) is 3. The van der Waals surface area contributed by atoms with Gasteiger partial charge in [-0.2, -0.15) is 0 Å². The summed E-state index contributed by atoms with van der Waals surface area (Å²) in [4.78, 5) is 23.4. The number of esters is 2. The van der Waals surface area contributed by atoms with E-state index in [1.807, 2.05) is 0 Å². The topological polar surface area (TPSA) is 75.0 Å². The minimum Gasteiger partial charge on any atom is -0.463 e. The fraction of sp³-hybridized carbons (Fsp3) is 0.294. The van der Waals surface area contributed by atoms with Crippen LogP contribution in [0.3, 0.4) is 0 Å². The summed E-state index contributed by atoms with van der Waals surface area (Å²) < 4.78 is 20.1. The molecule has 1 aromatic heterocycles. The fourth-order valence-electron chi connectivity index (χ4n) is 2.04. The molecule has 0 aliphatic heterocycles. The maximum atomic E-state index is 12.0. The Morgan fingerprint density at radius 2 is 1.74 bits per heavy atom. The summed E-state index contributed by atoms with van der Waals surface area (Å²) in [6.07, 6.45) is 0. The first kappa shape index (κ1) is 16.8. The second-order valence-corrected chi connectivity index (χ2v) is 4.92. The summed E-state index contributed by atoms with van der Waals surface area (Å²) in [6, 6.07) is 8.58. The minimum atomic E-state index is -0.561. The highest BCUT2D eigenvalue weighted by molar-refractivity contribution is 5.89. The van der Waals surface area contributed by atoms with E-state index in [1.165, 1.54) is 7.11 Å². The van der Waals surface area contributed by atoms with Gasteiger partial charge in [0.05, 0.1) is 19.3 Å². The van der Waals surface area contributed by atoms with E-state index in [9.17, 15) is 9.59 Å². The Balaban J connectivity index is 1.97. The van der Waals surface area contributed by atoms with Crippen molar-refractivity contribution in [3.63, 3.8) is 0 Å². The van der Waals surface area contributed by atoms with Gasteiger partial charge >= 0.3 is 11.9 Å².